The van der Waals surface area contributed by atoms with E-state index in [1.165, 1.54) is 0 Å². The first kappa shape index (κ1) is 17.5. The van der Waals surface area contributed by atoms with E-state index in [4.69, 9.17) is 5.11 Å². The Kier molecular flexibility index (Phi) is 4.54. The summed E-state index contributed by atoms with van der Waals surface area (Å²) in [5.74, 6) is -2.51. The molecule has 6 heteroatoms. The predicted octanol–water partition coefficient (Wildman–Crippen LogP) is 2.65. The van der Waals surface area contributed by atoms with Crippen LogP contribution < -0.4 is 10.6 Å². The van der Waals surface area contributed by atoms with E-state index >= 15 is 0 Å². The van der Waals surface area contributed by atoms with Gasteiger partial charge in [-0.25, -0.2) is 0 Å². The third-order valence-electron chi connectivity index (χ3n) is 5.48. The van der Waals surface area contributed by atoms with Gasteiger partial charge in [0, 0.05) is 17.3 Å². The standard InChI is InChI=1S/C19H24N2O4/c1-19(2)14(15(19)18(24)25)17(23)21-13-9-7-11(8-10-13)16(22)20-12-5-3-4-6-12/h7-10,12,14-15H,3-6H2,1-2H3,(H,20,22)(H,21,23)(H,24,25)/t14-,15+/m0/s1. The molecule has 2 aliphatic rings. The van der Waals surface area contributed by atoms with Crippen molar-refractivity contribution in [3.63, 3.8) is 0 Å². The highest BCUT2D eigenvalue weighted by Crippen LogP contribution is 2.58. The minimum absolute atomic E-state index is 0.0981. The van der Waals surface area contributed by atoms with Crippen LogP contribution in [-0.2, 0) is 9.59 Å². The van der Waals surface area contributed by atoms with E-state index in [-0.39, 0.29) is 17.9 Å². The molecule has 2 aliphatic carbocycles. The van der Waals surface area contributed by atoms with Gasteiger partial charge in [-0.05, 0) is 42.5 Å². The van der Waals surface area contributed by atoms with Crippen LogP contribution in [-0.4, -0.2) is 28.9 Å². The average molecular weight is 344 g/mol. The summed E-state index contributed by atoms with van der Waals surface area (Å²) >= 11 is 0. The summed E-state index contributed by atoms with van der Waals surface area (Å²) in [5, 5.41) is 14.9. The summed E-state index contributed by atoms with van der Waals surface area (Å²) in [4.78, 5) is 35.7. The molecule has 0 aromatic heterocycles. The molecule has 2 atom stereocenters. The van der Waals surface area contributed by atoms with Crippen LogP contribution in [0.1, 0.15) is 49.9 Å². The van der Waals surface area contributed by atoms with Gasteiger partial charge in [0.15, 0.2) is 0 Å². The SMILES string of the molecule is CC1(C)[C@H](C(=O)Nc2ccc(C(=O)NC3CCCC3)cc2)[C@@H]1C(=O)O. The number of amides is 2. The van der Waals surface area contributed by atoms with Crippen molar-refractivity contribution in [2.24, 2.45) is 17.3 Å². The summed E-state index contributed by atoms with van der Waals surface area (Å²) in [5.41, 5.74) is 0.589. The van der Waals surface area contributed by atoms with E-state index < -0.39 is 23.2 Å². The molecular formula is C19H24N2O4. The lowest BCUT2D eigenvalue weighted by Gasteiger charge is -2.12. The van der Waals surface area contributed by atoms with Gasteiger partial charge in [0.05, 0.1) is 11.8 Å². The number of nitrogens with one attached hydrogen (secondary N) is 2. The molecule has 0 radical (unpaired) electrons. The van der Waals surface area contributed by atoms with Gasteiger partial charge in [-0.2, -0.15) is 0 Å². The van der Waals surface area contributed by atoms with E-state index in [2.05, 4.69) is 10.6 Å². The molecule has 25 heavy (non-hydrogen) atoms. The molecule has 2 saturated carbocycles. The molecule has 134 valence electrons. The molecule has 0 unspecified atom stereocenters. The van der Waals surface area contributed by atoms with Crippen molar-refractivity contribution in [1.29, 1.82) is 0 Å². The molecule has 0 heterocycles. The maximum absolute atomic E-state index is 12.3. The second kappa shape index (κ2) is 6.50. The van der Waals surface area contributed by atoms with Crippen LogP contribution in [0.5, 0.6) is 0 Å². The molecule has 1 aromatic rings. The van der Waals surface area contributed by atoms with Crippen LogP contribution >= 0.6 is 0 Å². The van der Waals surface area contributed by atoms with E-state index in [0.29, 0.717) is 11.3 Å². The van der Waals surface area contributed by atoms with Crippen molar-refractivity contribution >= 4 is 23.5 Å². The number of aliphatic carboxylic acids is 1. The van der Waals surface area contributed by atoms with E-state index in [9.17, 15) is 14.4 Å². The summed E-state index contributed by atoms with van der Waals surface area (Å²) < 4.78 is 0. The zero-order chi connectivity index (χ0) is 18.2. The summed E-state index contributed by atoms with van der Waals surface area (Å²) in [7, 11) is 0. The quantitative estimate of drug-likeness (QED) is 0.765. The first-order valence-corrected chi connectivity index (χ1v) is 8.75. The van der Waals surface area contributed by atoms with Crippen molar-refractivity contribution in [3.05, 3.63) is 29.8 Å². The summed E-state index contributed by atoms with van der Waals surface area (Å²) in [6.07, 6.45) is 4.37. The van der Waals surface area contributed by atoms with Crippen molar-refractivity contribution in [2.45, 2.75) is 45.6 Å². The average Bonchev–Trinajstić information content (AvgIpc) is 2.89. The highest BCUT2D eigenvalue weighted by atomic mass is 16.4. The number of carboxylic acid groups (broad SMARTS) is 1. The predicted molar refractivity (Wildman–Crippen MR) is 93.2 cm³/mol. The van der Waals surface area contributed by atoms with Gasteiger partial charge in [0.25, 0.3) is 5.91 Å². The van der Waals surface area contributed by atoms with Crippen LogP contribution in [0.2, 0.25) is 0 Å². The second-order valence-electron chi connectivity index (χ2n) is 7.64. The molecule has 0 spiro atoms. The Bertz CT molecular complexity index is 690. The first-order valence-electron chi connectivity index (χ1n) is 8.75. The fourth-order valence-corrected chi connectivity index (χ4v) is 3.85. The number of benzene rings is 1. The molecule has 3 rings (SSSR count). The number of anilines is 1. The Balaban J connectivity index is 1.58. The topological polar surface area (TPSA) is 95.5 Å². The van der Waals surface area contributed by atoms with Crippen molar-refractivity contribution in [1.82, 2.24) is 5.32 Å². The van der Waals surface area contributed by atoms with Crippen LogP contribution in [0.25, 0.3) is 0 Å². The molecule has 0 aliphatic heterocycles. The number of carbonyl (C=O) groups excluding carboxylic acids is 2. The Morgan fingerprint density at radius 3 is 2.16 bits per heavy atom. The molecule has 2 amide bonds. The minimum atomic E-state index is -0.941. The van der Waals surface area contributed by atoms with Crippen molar-refractivity contribution in [2.75, 3.05) is 5.32 Å². The first-order chi connectivity index (χ1) is 11.8. The minimum Gasteiger partial charge on any atom is -0.481 e. The third-order valence-corrected chi connectivity index (χ3v) is 5.48. The largest absolute Gasteiger partial charge is 0.481 e. The summed E-state index contributed by atoms with van der Waals surface area (Å²) in [6, 6.07) is 6.95. The van der Waals surface area contributed by atoms with Gasteiger partial charge >= 0.3 is 5.97 Å². The van der Waals surface area contributed by atoms with Gasteiger partial charge in [-0.15, -0.1) is 0 Å². The van der Waals surface area contributed by atoms with Gasteiger partial charge in [-0.3, -0.25) is 14.4 Å². The van der Waals surface area contributed by atoms with Crippen LogP contribution in [0.3, 0.4) is 0 Å². The van der Waals surface area contributed by atoms with Crippen LogP contribution in [0.15, 0.2) is 24.3 Å². The van der Waals surface area contributed by atoms with E-state index in [1.54, 1.807) is 38.1 Å². The maximum Gasteiger partial charge on any atom is 0.307 e. The maximum atomic E-state index is 12.3. The van der Waals surface area contributed by atoms with Gasteiger partial charge in [-0.1, -0.05) is 26.7 Å². The Morgan fingerprint density at radius 2 is 1.64 bits per heavy atom. The fourth-order valence-electron chi connectivity index (χ4n) is 3.85. The smallest absolute Gasteiger partial charge is 0.307 e. The Morgan fingerprint density at radius 1 is 1.04 bits per heavy atom. The number of carboxylic acids is 1. The molecule has 2 fully saturated rings. The number of carbonyl (C=O) groups is 3. The van der Waals surface area contributed by atoms with Gasteiger partial charge < -0.3 is 15.7 Å². The number of rotatable bonds is 5. The van der Waals surface area contributed by atoms with Gasteiger partial charge in [0.2, 0.25) is 5.91 Å². The molecule has 1 aromatic carbocycles. The zero-order valence-corrected chi connectivity index (χ0v) is 14.5. The zero-order valence-electron chi connectivity index (χ0n) is 14.5. The monoisotopic (exact) mass is 344 g/mol. The molecule has 6 nitrogen and oxygen atoms in total. The van der Waals surface area contributed by atoms with Crippen LogP contribution in [0.4, 0.5) is 5.69 Å². The number of hydrogen-bond acceptors (Lipinski definition) is 3. The molecule has 3 N–H and O–H groups in total. The van der Waals surface area contributed by atoms with E-state index in [0.717, 1.165) is 25.7 Å². The Labute approximate surface area is 147 Å². The molecular weight excluding hydrogens is 320 g/mol. The van der Waals surface area contributed by atoms with Crippen molar-refractivity contribution in [3.8, 4) is 0 Å². The normalized spacial score (nSPS) is 24.6. The van der Waals surface area contributed by atoms with E-state index in [1.807, 2.05) is 0 Å². The lowest BCUT2D eigenvalue weighted by molar-refractivity contribution is -0.140. The number of hydrogen-bond donors (Lipinski definition) is 3. The molecule has 0 bridgehead atoms. The highest BCUT2D eigenvalue weighted by Gasteiger charge is 2.65. The van der Waals surface area contributed by atoms with Crippen molar-refractivity contribution < 1.29 is 19.5 Å². The Hall–Kier alpha value is -2.37. The second-order valence-corrected chi connectivity index (χ2v) is 7.64. The summed E-state index contributed by atoms with van der Waals surface area (Å²) in [6.45, 7) is 3.57. The third kappa shape index (κ3) is 3.52. The fraction of sp³-hybridized carbons (Fsp3) is 0.526. The lowest BCUT2D eigenvalue weighted by Crippen LogP contribution is -2.32. The lowest BCUT2D eigenvalue weighted by atomic mass is 10.1. The van der Waals surface area contributed by atoms with Crippen LogP contribution in [0, 0.1) is 17.3 Å². The highest BCUT2D eigenvalue weighted by molar-refractivity contribution is 6.00. The molecule has 0 saturated heterocycles. The van der Waals surface area contributed by atoms with Gasteiger partial charge in [0.1, 0.15) is 0 Å².